The van der Waals surface area contributed by atoms with Gasteiger partial charge in [-0.05, 0) is 27.7 Å². The quantitative estimate of drug-likeness (QED) is 0.0650. The molecule has 0 bridgehead atoms. The number of alkyl halides is 3. The first-order valence-corrected chi connectivity index (χ1v) is 26.5. The van der Waals surface area contributed by atoms with Gasteiger partial charge in [-0.2, -0.15) is 27.0 Å². The van der Waals surface area contributed by atoms with Crippen molar-refractivity contribution in [3.63, 3.8) is 0 Å². The standard InChI is InChI=1S/C14H20FN2O14P3.C12H16F2N3O14P3/c1-4-5-14(15)11(19)10(28-12(14)17-7(2)6-9(18)16-13(17)20)8(3)29-33(24,25)31-34(26,27)30-32(21,22)23;1-6(29-33(24,25)31-34(26,27)30-32(21,22)23)8-9(19)12(14,3-2-4-13)10(28-8)17-11(20)16-7(18)5-15-17/h6,8,10-12,19H,1-3H3,(H,24,25)(H,26,27)(H,16,18,20)(H2,21,22,23);5-6,8-10,19H,4H2,1H3,(H,24,25)(H,26,27)(H,16,18,20)(H2,21,22,23)/t8-,10-,11+,12-,14?;6-,8-,9+,10-,12?/m11/s1. The molecule has 33 nitrogen and oxygen atoms in total. The van der Waals surface area contributed by atoms with Gasteiger partial charge in [0, 0.05) is 11.8 Å². The number of aryl methyl sites for hydroxylation is 1. The van der Waals surface area contributed by atoms with Crippen LogP contribution in [-0.2, 0) is 63.2 Å². The van der Waals surface area contributed by atoms with Gasteiger partial charge in [0.05, 0.1) is 12.2 Å². The molecule has 2 fully saturated rings. The van der Waals surface area contributed by atoms with Crippen LogP contribution in [0.4, 0.5) is 13.2 Å². The van der Waals surface area contributed by atoms with Crippen molar-refractivity contribution < 1.29 is 126 Å². The molecule has 0 aromatic carbocycles. The summed E-state index contributed by atoms with van der Waals surface area (Å²) in [6.45, 7) is 2.85. The molecule has 42 heteroatoms. The normalized spacial score (nSPS) is 29.5. The number of aromatic amines is 2. The minimum absolute atomic E-state index is 0.0907. The van der Waals surface area contributed by atoms with Gasteiger partial charge in [-0.15, -0.1) is 5.92 Å². The molecule has 14 atom stereocenters. The third-order valence-corrected chi connectivity index (χ3v) is 16.0. The molecule has 384 valence electrons. The van der Waals surface area contributed by atoms with E-state index >= 15 is 8.78 Å². The van der Waals surface area contributed by atoms with Crippen molar-refractivity contribution in [2.75, 3.05) is 6.67 Å². The van der Waals surface area contributed by atoms with Gasteiger partial charge in [0.2, 0.25) is 17.6 Å². The van der Waals surface area contributed by atoms with Crippen molar-refractivity contribution in [1.82, 2.24) is 24.3 Å². The van der Waals surface area contributed by atoms with Gasteiger partial charge in [0.15, 0.2) is 6.23 Å². The maximum absolute atomic E-state index is 15.8. The Bertz CT molecular complexity index is 2880. The Morgan fingerprint density at radius 1 is 0.721 bits per heavy atom. The van der Waals surface area contributed by atoms with Crippen LogP contribution in [0.2, 0.25) is 0 Å². The number of ether oxygens (including phenoxy) is 2. The second kappa shape index (κ2) is 21.7. The summed E-state index contributed by atoms with van der Waals surface area (Å²) in [4.78, 5) is 122. The monoisotopic (exact) mass is 1110 g/mol. The minimum atomic E-state index is -5.88. The summed E-state index contributed by atoms with van der Waals surface area (Å²) >= 11 is 0. The van der Waals surface area contributed by atoms with Crippen LogP contribution in [0.15, 0.2) is 31.4 Å². The predicted molar refractivity (Wildman–Crippen MR) is 209 cm³/mol. The van der Waals surface area contributed by atoms with E-state index in [9.17, 15) is 80.7 Å². The van der Waals surface area contributed by atoms with Crippen LogP contribution in [0.3, 0.4) is 0 Å². The lowest BCUT2D eigenvalue weighted by Crippen LogP contribution is -2.47. The van der Waals surface area contributed by atoms with Gasteiger partial charge in [-0.25, -0.2) is 50.2 Å². The molecule has 0 radical (unpaired) electrons. The Balaban J connectivity index is 0.000000360. The van der Waals surface area contributed by atoms with Crippen molar-refractivity contribution in [2.24, 2.45) is 0 Å². The smallest absolute Gasteiger partial charge is 0.386 e. The van der Waals surface area contributed by atoms with E-state index in [2.05, 4.69) is 37.3 Å². The number of phosphoric ester groups is 2. The molecule has 0 aliphatic carbocycles. The highest BCUT2D eigenvalue weighted by Gasteiger charge is 2.62. The summed E-state index contributed by atoms with van der Waals surface area (Å²) in [7, 11) is -34.4. The summed E-state index contributed by atoms with van der Waals surface area (Å²) in [6, 6.07) is 0.930. The van der Waals surface area contributed by atoms with E-state index in [1.165, 1.54) is 13.8 Å². The molecule has 6 unspecified atom stereocenters. The predicted octanol–water partition coefficient (Wildman–Crippen LogP) is -1.83. The van der Waals surface area contributed by atoms with E-state index in [0.29, 0.717) is 10.8 Å². The van der Waals surface area contributed by atoms with E-state index < -0.39 is 137 Å². The largest absolute Gasteiger partial charge is 0.490 e. The molecule has 2 saturated heterocycles. The van der Waals surface area contributed by atoms with E-state index in [0.717, 1.165) is 19.9 Å². The first-order valence-electron chi connectivity index (χ1n) is 17.4. The zero-order valence-corrected chi connectivity index (χ0v) is 39.3. The molecule has 4 rings (SSSR count). The Morgan fingerprint density at radius 3 is 1.54 bits per heavy atom. The Labute approximate surface area is 374 Å². The number of nitrogens with one attached hydrogen (secondary N) is 2. The number of aliphatic hydroxyl groups excluding tert-OH is 2. The van der Waals surface area contributed by atoms with Crippen LogP contribution < -0.4 is 22.5 Å². The molecule has 2 aliphatic rings. The highest BCUT2D eigenvalue weighted by atomic mass is 31.3. The molecule has 2 aromatic rings. The molecule has 4 heterocycles. The molecule has 0 spiro atoms. The molecule has 68 heavy (non-hydrogen) atoms. The van der Waals surface area contributed by atoms with Crippen LogP contribution in [0, 0.1) is 30.6 Å². The molecule has 2 aromatic heterocycles. The number of aliphatic hydroxyl groups is 2. The third kappa shape index (κ3) is 15.4. The van der Waals surface area contributed by atoms with Gasteiger partial charge in [-0.3, -0.25) is 33.2 Å². The van der Waals surface area contributed by atoms with Gasteiger partial charge in [0.25, 0.3) is 11.1 Å². The van der Waals surface area contributed by atoms with Gasteiger partial charge < -0.3 is 58.8 Å². The van der Waals surface area contributed by atoms with Crippen LogP contribution in [-0.4, -0.2) is 128 Å². The van der Waals surface area contributed by atoms with Crippen molar-refractivity contribution in [2.45, 2.75) is 88.1 Å². The van der Waals surface area contributed by atoms with E-state index in [4.69, 9.17) is 29.0 Å². The summed E-state index contributed by atoms with van der Waals surface area (Å²) in [5, 5.41) is 24.3. The second-order valence-corrected chi connectivity index (χ2v) is 22.0. The summed E-state index contributed by atoms with van der Waals surface area (Å²) < 4.78 is 147. The topological polar surface area (TPSA) is 501 Å². The molecule has 2 aliphatic heterocycles. The summed E-state index contributed by atoms with van der Waals surface area (Å²) in [5.41, 5.74) is -10.7. The number of aromatic nitrogens is 5. The fourth-order valence-electron chi connectivity index (χ4n) is 5.85. The summed E-state index contributed by atoms with van der Waals surface area (Å²) in [6.07, 6.45) is -16.1. The van der Waals surface area contributed by atoms with Crippen molar-refractivity contribution in [3.8, 4) is 23.7 Å². The lowest BCUT2D eigenvalue weighted by Gasteiger charge is -2.25. The number of nitrogens with zero attached hydrogens (tertiary/aromatic N) is 3. The van der Waals surface area contributed by atoms with Crippen LogP contribution >= 0.6 is 46.9 Å². The van der Waals surface area contributed by atoms with Crippen molar-refractivity contribution in [1.29, 1.82) is 0 Å². The van der Waals surface area contributed by atoms with Crippen LogP contribution in [0.1, 0.15) is 38.9 Å². The Kier molecular flexibility index (Phi) is 18.9. The average Bonchev–Trinajstić information content (AvgIpc) is 3.52. The fourth-order valence-corrected chi connectivity index (χ4v) is 12.2. The zero-order chi connectivity index (χ0) is 52.4. The number of H-pyrrole nitrogens is 2. The minimum Gasteiger partial charge on any atom is -0.386 e. The highest BCUT2D eigenvalue weighted by Crippen LogP contribution is 2.68. The maximum Gasteiger partial charge on any atom is 0.490 e. The van der Waals surface area contributed by atoms with Gasteiger partial charge in [0.1, 0.15) is 37.3 Å². The van der Waals surface area contributed by atoms with Crippen molar-refractivity contribution in [3.05, 3.63) is 59.6 Å². The first kappa shape index (κ1) is 59.2. The Morgan fingerprint density at radius 2 is 1.15 bits per heavy atom. The van der Waals surface area contributed by atoms with Gasteiger partial charge >= 0.3 is 58.3 Å². The lowest BCUT2D eigenvalue weighted by atomic mass is 9.94. The van der Waals surface area contributed by atoms with Crippen LogP contribution in [0.5, 0.6) is 0 Å². The number of halogens is 3. The van der Waals surface area contributed by atoms with Crippen molar-refractivity contribution >= 4 is 46.9 Å². The van der Waals surface area contributed by atoms with E-state index in [-0.39, 0.29) is 10.4 Å². The van der Waals surface area contributed by atoms with Gasteiger partial charge in [-0.1, -0.05) is 17.8 Å². The molecule has 0 saturated carbocycles. The van der Waals surface area contributed by atoms with Crippen LogP contribution in [0.25, 0.3) is 0 Å². The maximum atomic E-state index is 15.8. The highest BCUT2D eigenvalue weighted by molar-refractivity contribution is 7.67. The average molecular weight is 1110 g/mol. The number of phosphoric acid groups is 6. The zero-order valence-electron chi connectivity index (χ0n) is 34.0. The lowest BCUT2D eigenvalue weighted by molar-refractivity contribution is -0.0829. The number of rotatable bonds is 16. The molecule has 12 N–H and O–H groups in total. The SMILES string of the molecule is CC#CC1(F)[C@@H](O)[C@@H]([C@@H](C)OP(=O)(O)OP(=O)(O)OP(=O)(O)O)O[C@H]1n1c(C)cc(=O)[nH]c1=O.C[C@@H](OP(=O)(O)OP(=O)(O)OP(=O)(O)O)[C@H]1O[C@@H](n2ncc(=O)[nH]c2=O)C(F)(C#CCF)[C@H]1O. The number of hydrogen-bond donors (Lipinski definition) is 12. The first-order chi connectivity index (χ1) is 30.7. The fraction of sp³-hybridized carbons (Fsp3) is 0.577. The molecular formula is C26H36F3N5O28P6. The Hall–Kier alpha value is -3.14. The van der Waals surface area contributed by atoms with E-state index in [1.807, 2.05) is 10.9 Å². The second-order valence-electron chi connectivity index (χ2n) is 13.3. The van der Waals surface area contributed by atoms with E-state index in [1.54, 1.807) is 16.8 Å². The summed E-state index contributed by atoms with van der Waals surface area (Å²) in [5.74, 6) is 7.62. The molecular weight excluding hydrogens is 1070 g/mol. The number of hydrogen-bond acceptors (Lipinski definition) is 21. The third-order valence-electron chi connectivity index (χ3n) is 8.16. The molecule has 0 amide bonds.